The molecule has 98 valence electrons. The maximum Gasteiger partial charge on any atom is 0.118 e. The molecule has 0 radical (unpaired) electrons. The first-order chi connectivity index (χ1) is 8.08. The van der Waals surface area contributed by atoms with Gasteiger partial charge in [0.25, 0.3) is 0 Å². The Kier molecular flexibility index (Phi) is 5.72. The zero-order valence-electron chi connectivity index (χ0n) is 11.6. The molecule has 1 aromatic rings. The van der Waals surface area contributed by atoms with E-state index in [-0.39, 0.29) is 0 Å². The molecule has 0 spiro atoms. The van der Waals surface area contributed by atoms with Crippen molar-refractivity contribution in [2.45, 2.75) is 46.2 Å². The van der Waals surface area contributed by atoms with Crippen molar-refractivity contribution in [3.05, 3.63) is 23.7 Å². The van der Waals surface area contributed by atoms with Crippen molar-refractivity contribution in [2.75, 3.05) is 13.6 Å². The molecule has 1 aromatic heterocycles. The van der Waals surface area contributed by atoms with Gasteiger partial charge in [0.15, 0.2) is 0 Å². The molecule has 0 saturated heterocycles. The number of likely N-dealkylation sites (N-methyl/N-ethyl adjacent to an activating group) is 1. The highest BCUT2D eigenvalue weighted by atomic mass is 16.3. The SMILES string of the molecule is CCCC(C)C(CN)N(C)Cc1ccc(C)o1. The third-order valence-corrected chi connectivity index (χ3v) is 3.41. The van der Waals surface area contributed by atoms with Gasteiger partial charge in [0.2, 0.25) is 0 Å². The maximum atomic E-state index is 5.89. The highest BCUT2D eigenvalue weighted by Gasteiger charge is 2.20. The number of hydrogen-bond acceptors (Lipinski definition) is 3. The second kappa shape index (κ2) is 6.82. The van der Waals surface area contributed by atoms with Crippen molar-refractivity contribution >= 4 is 0 Å². The Labute approximate surface area is 105 Å². The predicted molar refractivity (Wildman–Crippen MR) is 71.8 cm³/mol. The Morgan fingerprint density at radius 2 is 2.12 bits per heavy atom. The lowest BCUT2D eigenvalue weighted by molar-refractivity contribution is 0.163. The summed E-state index contributed by atoms with van der Waals surface area (Å²) in [5, 5.41) is 0. The molecule has 17 heavy (non-hydrogen) atoms. The first kappa shape index (κ1) is 14.3. The van der Waals surface area contributed by atoms with Gasteiger partial charge in [0, 0.05) is 12.6 Å². The monoisotopic (exact) mass is 238 g/mol. The topological polar surface area (TPSA) is 42.4 Å². The van der Waals surface area contributed by atoms with Crippen molar-refractivity contribution in [2.24, 2.45) is 11.7 Å². The zero-order chi connectivity index (χ0) is 12.8. The van der Waals surface area contributed by atoms with Gasteiger partial charge in [-0.3, -0.25) is 4.90 Å². The molecule has 3 nitrogen and oxygen atoms in total. The van der Waals surface area contributed by atoms with Crippen LogP contribution < -0.4 is 5.73 Å². The van der Waals surface area contributed by atoms with E-state index in [4.69, 9.17) is 10.2 Å². The number of aryl methyl sites for hydroxylation is 1. The van der Waals surface area contributed by atoms with Gasteiger partial charge in [-0.15, -0.1) is 0 Å². The summed E-state index contributed by atoms with van der Waals surface area (Å²) in [4.78, 5) is 2.30. The molecular weight excluding hydrogens is 212 g/mol. The van der Waals surface area contributed by atoms with Crippen LogP contribution >= 0.6 is 0 Å². The summed E-state index contributed by atoms with van der Waals surface area (Å²) in [7, 11) is 2.13. The largest absolute Gasteiger partial charge is 0.465 e. The first-order valence-electron chi connectivity index (χ1n) is 6.54. The number of furan rings is 1. The Bertz CT molecular complexity index is 322. The van der Waals surface area contributed by atoms with E-state index in [1.807, 2.05) is 19.1 Å². The standard InChI is InChI=1S/C14H26N2O/c1-5-6-11(2)14(9-15)16(4)10-13-8-7-12(3)17-13/h7-8,11,14H,5-6,9-10,15H2,1-4H3. The van der Waals surface area contributed by atoms with E-state index in [2.05, 4.69) is 25.8 Å². The van der Waals surface area contributed by atoms with E-state index in [1.165, 1.54) is 12.8 Å². The van der Waals surface area contributed by atoms with E-state index in [1.54, 1.807) is 0 Å². The van der Waals surface area contributed by atoms with Gasteiger partial charge < -0.3 is 10.2 Å². The molecule has 2 unspecified atom stereocenters. The van der Waals surface area contributed by atoms with Gasteiger partial charge in [-0.2, -0.15) is 0 Å². The van der Waals surface area contributed by atoms with E-state index in [9.17, 15) is 0 Å². The fourth-order valence-electron chi connectivity index (χ4n) is 2.43. The second-order valence-electron chi connectivity index (χ2n) is 5.00. The lowest BCUT2D eigenvalue weighted by atomic mass is 9.96. The van der Waals surface area contributed by atoms with Crippen LogP contribution in [-0.4, -0.2) is 24.5 Å². The predicted octanol–water partition coefficient (Wildman–Crippen LogP) is 2.78. The molecule has 0 saturated carbocycles. The minimum absolute atomic E-state index is 0.431. The van der Waals surface area contributed by atoms with Crippen LogP contribution in [0.15, 0.2) is 16.5 Å². The van der Waals surface area contributed by atoms with Crippen LogP contribution in [0.4, 0.5) is 0 Å². The molecule has 0 aliphatic carbocycles. The Morgan fingerprint density at radius 1 is 1.41 bits per heavy atom. The molecule has 0 aromatic carbocycles. The highest BCUT2D eigenvalue weighted by molar-refractivity contribution is 5.05. The van der Waals surface area contributed by atoms with Crippen LogP contribution in [0.3, 0.4) is 0 Å². The molecule has 1 heterocycles. The molecule has 3 heteroatoms. The Balaban J connectivity index is 2.56. The van der Waals surface area contributed by atoms with E-state index >= 15 is 0 Å². The van der Waals surface area contributed by atoms with Gasteiger partial charge >= 0.3 is 0 Å². The van der Waals surface area contributed by atoms with Crippen LogP contribution in [0.25, 0.3) is 0 Å². The van der Waals surface area contributed by atoms with Crippen molar-refractivity contribution in [3.63, 3.8) is 0 Å². The van der Waals surface area contributed by atoms with Crippen LogP contribution in [0.2, 0.25) is 0 Å². The van der Waals surface area contributed by atoms with Gasteiger partial charge in [-0.25, -0.2) is 0 Å². The van der Waals surface area contributed by atoms with Gasteiger partial charge in [0.05, 0.1) is 6.54 Å². The molecular formula is C14H26N2O. The molecule has 0 amide bonds. The van der Waals surface area contributed by atoms with Crippen LogP contribution in [0.1, 0.15) is 38.2 Å². The third-order valence-electron chi connectivity index (χ3n) is 3.41. The Hall–Kier alpha value is -0.800. The van der Waals surface area contributed by atoms with E-state index < -0.39 is 0 Å². The second-order valence-corrected chi connectivity index (χ2v) is 5.00. The summed E-state index contributed by atoms with van der Waals surface area (Å²) in [6.45, 7) is 8.02. The number of nitrogens with zero attached hydrogens (tertiary/aromatic N) is 1. The number of hydrogen-bond donors (Lipinski definition) is 1. The quantitative estimate of drug-likeness (QED) is 0.794. The fourth-order valence-corrected chi connectivity index (χ4v) is 2.43. The molecule has 0 bridgehead atoms. The fraction of sp³-hybridized carbons (Fsp3) is 0.714. The smallest absolute Gasteiger partial charge is 0.118 e. The normalized spacial score (nSPS) is 15.2. The van der Waals surface area contributed by atoms with Gasteiger partial charge in [-0.1, -0.05) is 20.3 Å². The molecule has 2 atom stereocenters. The molecule has 0 aliphatic heterocycles. The van der Waals surface area contributed by atoms with Gasteiger partial charge in [-0.05, 0) is 38.4 Å². The van der Waals surface area contributed by atoms with Crippen LogP contribution in [0, 0.1) is 12.8 Å². The first-order valence-corrected chi connectivity index (χ1v) is 6.54. The maximum absolute atomic E-state index is 5.89. The number of rotatable bonds is 7. The van der Waals surface area contributed by atoms with Gasteiger partial charge in [0.1, 0.15) is 11.5 Å². The minimum atomic E-state index is 0.431. The summed E-state index contributed by atoms with van der Waals surface area (Å²) in [6, 6.07) is 4.49. The molecule has 1 rings (SSSR count). The lowest BCUT2D eigenvalue weighted by Gasteiger charge is -2.31. The minimum Gasteiger partial charge on any atom is -0.465 e. The van der Waals surface area contributed by atoms with E-state index in [0.29, 0.717) is 18.5 Å². The van der Waals surface area contributed by atoms with Crippen LogP contribution in [0.5, 0.6) is 0 Å². The van der Waals surface area contributed by atoms with Crippen molar-refractivity contribution < 1.29 is 4.42 Å². The number of nitrogens with two attached hydrogens (primary N) is 1. The highest BCUT2D eigenvalue weighted by Crippen LogP contribution is 2.17. The third kappa shape index (κ3) is 4.17. The summed E-state index contributed by atoms with van der Waals surface area (Å²) >= 11 is 0. The summed E-state index contributed by atoms with van der Waals surface area (Å²) in [5.74, 6) is 2.62. The van der Waals surface area contributed by atoms with Crippen molar-refractivity contribution in [3.8, 4) is 0 Å². The molecule has 2 N–H and O–H groups in total. The average molecular weight is 238 g/mol. The summed E-state index contributed by atoms with van der Waals surface area (Å²) in [5.41, 5.74) is 5.89. The zero-order valence-corrected chi connectivity index (χ0v) is 11.6. The van der Waals surface area contributed by atoms with Crippen LogP contribution in [-0.2, 0) is 6.54 Å². The molecule has 0 fully saturated rings. The Morgan fingerprint density at radius 3 is 2.59 bits per heavy atom. The lowest BCUT2D eigenvalue weighted by Crippen LogP contribution is -2.42. The summed E-state index contributed by atoms with van der Waals surface area (Å²) in [6.07, 6.45) is 2.44. The van der Waals surface area contributed by atoms with E-state index in [0.717, 1.165) is 18.1 Å². The average Bonchev–Trinajstić information content (AvgIpc) is 2.65. The van der Waals surface area contributed by atoms with Crippen molar-refractivity contribution in [1.29, 1.82) is 0 Å². The molecule has 0 aliphatic rings. The summed E-state index contributed by atoms with van der Waals surface area (Å²) < 4.78 is 5.61. The van der Waals surface area contributed by atoms with Crippen molar-refractivity contribution in [1.82, 2.24) is 4.90 Å².